The molecule has 1 aromatic rings. The van der Waals surface area contributed by atoms with Gasteiger partial charge in [0, 0.05) is 25.7 Å². The molecule has 0 unspecified atom stereocenters. The first-order valence-corrected chi connectivity index (χ1v) is 5.54. The van der Waals surface area contributed by atoms with Crippen LogP contribution in [0.3, 0.4) is 0 Å². The Morgan fingerprint density at radius 2 is 2.31 bits per heavy atom. The Labute approximate surface area is 100 Å². The van der Waals surface area contributed by atoms with E-state index in [0.29, 0.717) is 30.2 Å². The highest BCUT2D eigenvalue weighted by molar-refractivity contribution is 7.80. The fourth-order valence-corrected chi connectivity index (χ4v) is 1.39. The molecular weight excluding hydrogens is 222 g/mol. The highest BCUT2D eigenvalue weighted by Crippen LogP contribution is 2.02. The van der Waals surface area contributed by atoms with Gasteiger partial charge < -0.3 is 10.6 Å². The number of amides is 1. The zero-order chi connectivity index (χ0) is 12.0. The number of carbonyl (C=O) groups excluding carboxylic acids is 1. The lowest BCUT2D eigenvalue weighted by Gasteiger charge is -2.19. The van der Waals surface area contributed by atoms with Crippen molar-refractivity contribution in [3.63, 3.8) is 0 Å². The molecule has 4 nitrogen and oxygen atoms in total. The summed E-state index contributed by atoms with van der Waals surface area (Å²) >= 11 is 4.79. The second-order valence-electron chi connectivity index (χ2n) is 3.32. The van der Waals surface area contributed by atoms with Gasteiger partial charge in [0.15, 0.2) is 0 Å². The van der Waals surface area contributed by atoms with Crippen LogP contribution in [0.4, 0.5) is 0 Å². The van der Waals surface area contributed by atoms with Crippen molar-refractivity contribution in [3.8, 4) is 0 Å². The lowest BCUT2D eigenvalue weighted by atomic mass is 10.3. The standard InChI is InChI=1S/C11H15N3OS/c1-2-14(8-6-10(12)16)11(15)9-5-3-4-7-13-9/h3-5,7H,2,6,8H2,1H3,(H2,12,16). The minimum absolute atomic E-state index is 0.0839. The quantitative estimate of drug-likeness (QED) is 0.782. The minimum Gasteiger partial charge on any atom is -0.393 e. The summed E-state index contributed by atoms with van der Waals surface area (Å²) in [5.74, 6) is -0.0839. The van der Waals surface area contributed by atoms with Gasteiger partial charge in [-0.15, -0.1) is 0 Å². The van der Waals surface area contributed by atoms with Crippen molar-refractivity contribution in [3.05, 3.63) is 30.1 Å². The maximum Gasteiger partial charge on any atom is 0.272 e. The van der Waals surface area contributed by atoms with E-state index in [1.807, 2.05) is 6.92 Å². The van der Waals surface area contributed by atoms with E-state index >= 15 is 0 Å². The summed E-state index contributed by atoms with van der Waals surface area (Å²) in [5.41, 5.74) is 5.86. The lowest BCUT2D eigenvalue weighted by molar-refractivity contribution is 0.0763. The molecule has 1 heterocycles. The molecule has 0 aromatic carbocycles. The van der Waals surface area contributed by atoms with Crippen molar-refractivity contribution < 1.29 is 4.79 Å². The molecule has 0 bridgehead atoms. The van der Waals surface area contributed by atoms with Gasteiger partial charge in [-0.2, -0.15) is 0 Å². The Kier molecular flexibility index (Phi) is 4.85. The average molecular weight is 237 g/mol. The van der Waals surface area contributed by atoms with Crippen molar-refractivity contribution in [2.75, 3.05) is 13.1 Å². The SMILES string of the molecule is CCN(CCC(N)=S)C(=O)c1ccccn1. The van der Waals surface area contributed by atoms with Crippen LogP contribution in [0.15, 0.2) is 24.4 Å². The maximum atomic E-state index is 12.0. The molecule has 0 fully saturated rings. The molecule has 0 atom stereocenters. The van der Waals surface area contributed by atoms with Crippen LogP contribution in [0.25, 0.3) is 0 Å². The zero-order valence-electron chi connectivity index (χ0n) is 9.22. The first-order valence-electron chi connectivity index (χ1n) is 5.13. The van der Waals surface area contributed by atoms with Gasteiger partial charge in [0.2, 0.25) is 0 Å². The van der Waals surface area contributed by atoms with Crippen molar-refractivity contribution in [2.45, 2.75) is 13.3 Å². The molecule has 16 heavy (non-hydrogen) atoms. The largest absolute Gasteiger partial charge is 0.393 e. The summed E-state index contributed by atoms with van der Waals surface area (Å²) in [6.45, 7) is 3.08. The van der Waals surface area contributed by atoms with Gasteiger partial charge in [0.1, 0.15) is 5.69 Å². The average Bonchev–Trinajstić information content (AvgIpc) is 2.30. The van der Waals surface area contributed by atoms with Crippen LogP contribution < -0.4 is 5.73 Å². The molecule has 0 aliphatic carbocycles. The van der Waals surface area contributed by atoms with Crippen molar-refractivity contribution in [2.24, 2.45) is 5.73 Å². The summed E-state index contributed by atoms with van der Waals surface area (Å²) in [4.78, 5) is 18.1. The van der Waals surface area contributed by atoms with Crippen LogP contribution in [0.5, 0.6) is 0 Å². The number of hydrogen-bond donors (Lipinski definition) is 1. The summed E-state index contributed by atoms with van der Waals surface area (Å²) in [6.07, 6.45) is 2.15. The van der Waals surface area contributed by atoms with E-state index in [0.717, 1.165) is 0 Å². The number of thiocarbonyl (C=S) groups is 1. The zero-order valence-corrected chi connectivity index (χ0v) is 10.0. The van der Waals surface area contributed by atoms with E-state index < -0.39 is 0 Å². The molecule has 0 saturated carbocycles. The number of rotatable bonds is 5. The van der Waals surface area contributed by atoms with Crippen molar-refractivity contribution >= 4 is 23.1 Å². The molecule has 0 aliphatic heterocycles. The lowest BCUT2D eigenvalue weighted by Crippen LogP contribution is -2.34. The van der Waals surface area contributed by atoms with Crippen molar-refractivity contribution in [1.29, 1.82) is 0 Å². The molecule has 1 amide bonds. The molecule has 5 heteroatoms. The third-order valence-electron chi connectivity index (χ3n) is 2.18. The maximum absolute atomic E-state index is 12.0. The van der Waals surface area contributed by atoms with Crippen LogP contribution in [-0.4, -0.2) is 33.9 Å². The predicted octanol–water partition coefficient (Wildman–Crippen LogP) is 1.22. The van der Waals surface area contributed by atoms with Gasteiger partial charge in [-0.1, -0.05) is 18.3 Å². The number of aromatic nitrogens is 1. The highest BCUT2D eigenvalue weighted by Gasteiger charge is 2.14. The van der Waals surface area contributed by atoms with Crippen LogP contribution in [0.1, 0.15) is 23.8 Å². The second-order valence-corrected chi connectivity index (χ2v) is 3.84. The smallest absolute Gasteiger partial charge is 0.272 e. The number of hydrogen-bond acceptors (Lipinski definition) is 3. The predicted molar refractivity (Wildman–Crippen MR) is 67.2 cm³/mol. The Morgan fingerprint density at radius 1 is 1.56 bits per heavy atom. The number of carbonyl (C=O) groups is 1. The summed E-state index contributed by atoms with van der Waals surface area (Å²) in [7, 11) is 0. The van der Waals surface area contributed by atoms with Crippen molar-refractivity contribution in [1.82, 2.24) is 9.88 Å². The van der Waals surface area contributed by atoms with Gasteiger partial charge in [0.05, 0.1) is 4.99 Å². The minimum atomic E-state index is -0.0839. The van der Waals surface area contributed by atoms with E-state index in [2.05, 4.69) is 4.98 Å². The van der Waals surface area contributed by atoms with Gasteiger partial charge >= 0.3 is 0 Å². The van der Waals surface area contributed by atoms with E-state index in [-0.39, 0.29) is 5.91 Å². The highest BCUT2D eigenvalue weighted by atomic mass is 32.1. The Morgan fingerprint density at radius 3 is 2.81 bits per heavy atom. The fraction of sp³-hybridized carbons (Fsp3) is 0.364. The third kappa shape index (κ3) is 3.58. The first kappa shape index (κ1) is 12.6. The molecule has 0 spiro atoms. The molecule has 86 valence electrons. The molecule has 0 radical (unpaired) electrons. The Balaban J connectivity index is 2.66. The summed E-state index contributed by atoms with van der Waals surface area (Å²) < 4.78 is 0. The summed E-state index contributed by atoms with van der Waals surface area (Å²) in [6, 6.07) is 5.27. The second kappa shape index (κ2) is 6.17. The normalized spacial score (nSPS) is 9.81. The Hall–Kier alpha value is -1.49. The van der Waals surface area contributed by atoms with E-state index in [1.54, 1.807) is 29.3 Å². The van der Waals surface area contributed by atoms with Gasteiger partial charge in [-0.05, 0) is 19.1 Å². The molecule has 0 aliphatic rings. The van der Waals surface area contributed by atoms with Gasteiger partial charge in [-0.25, -0.2) is 0 Å². The van der Waals surface area contributed by atoms with Crippen LogP contribution in [-0.2, 0) is 0 Å². The third-order valence-corrected chi connectivity index (χ3v) is 2.39. The van der Waals surface area contributed by atoms with Gasteiger partial charge in [-0.3, -0.25) is 9.78 Å². The first-order chi connectivity index (χ1) is 7.65. The summed E-state index contributed by atoms with van der Waals surface area (Å²) in [5, 5.41) is 0. The Bertz CT molecular complexity index is 367. The van der Waals surface area contributed by atoms with E-state index in [4.69, 9.17) is 18.0 Å². The number of pyridine rings is 1. The molecule has 0 saturated heterocycles. The molecule has 1 rings (SSSR count). The number of nitrogens with zero attached hydrogens (tertiary/aromatic N) is 2. The van der Waals surface area contributed by atoms with E-state index in [1.165, 1.54) is 0 Å². The number of nitrogens with two attached hydrogens (primary N) is 1. The fourth-order valence-electron chi connectivity index (χ4n) is 1.30. The van der Waals surface area contributed by atoms with Crippen LogP contribution in [0.2, 0.25) is 0 Å². The molecule has 2 N–H and O–H groups in total. The topological polar surface area (TPSA) is 59.2 Å². The monoisotopic (exact) mass is 237 g/mol. The van der Waals surface area contributed by atoms with Crippen LogP contribution in [0, 0.1) is 0 Å². The molecular formula is C11H15N3OS. The van der Waals surface area contributed by atoms with E-state index in [9.17, 15) is 4.79 Å². The molecule has 1 aromatic heterocycles. The van der Waals surface area contributed by atoms with Gasteiger partial charge in [0.25, 0.3) is 5.91 Å². The van der Waals surface area contributed by atoms with Crippen LogP contribution >= 0.6 is 12.2 Å².